The van der Waals surface area contributed by atoms with E-state index in [4.69, 9.17) is 5.73 Å². The van der Waals surface area contributed by atoms with Crippen molar-refractivity contribution in [1.29, 1.82) is 0 Å². The molecule has 1 aromatic carbocycles. The molecule has 0 aliphatic heterocycles. The van der Waals surface area contributed by atoms with Crippen LogP contribution in [0.2, 0.25) is 0 Å². The van der Waals surface area contributed by atoms with Gasteiger partial charge in [0.2, 0.25) is 0 Å². The van der Waals surface area contributed by atoms with Crippen LogP contribution in [0, 0.1) is 5.92 Å². The highest BCUT2D eigenvalue weighted by molar-refractivity contribution is 5.79. The first-order valence-electron chi connectivity index (χ1n) is 7.63. The molecule has 0 bridgehead atoms. The Bertz CT molecular complexity index is 470. The molecular weight excluding hydrogens is 234 g/mol. The minimum atomic E-state index is 0.111. The number of carbonyl (C=O) groups is 1. The summed E-state index contributed by atoms with van der Waals surface area (Å²) in [6.45, 7) is 0. The monoisotopic (exact) mass is 257 g/mol. The Balaban J connectivity index is 1.76. The van der Waals surface area contributed by atoms with Gasteiger partial charge in [0.25, 0.3) is 0 Å². The molecule has 2 N–H and O–H groups in total. The molecule has 0 heterocycles. The van der Waals surface area contributed by atoms with Gasteiger partial charge in [-0.05, 0) is 61.1 Å². The summed E-state index contributed by atoms with van der Waals surface area (Å²) in [7, 11) is 0. The van der Waals surface area contributed by atoms with Crippen LogP contribution in [-0.4, -0.2) is 5.78 Å². The van der Waals surface area contributed by atoms with E-state index < -0.39 is 0 Å². The lowest BCUT2D eigenvalue weighted by Gasteiger charge is -2.28. The minimum absolute atomic E-state index is 0.111. The molecule has 1 unspecified atom stereocenters. The van der Waals surface area contributed by atoms with Crippen LogP contribution in [0.1, 0.15) is 61.3 Å². The Morgan fingerprint density at radius 2 is 1.68 bits per heavy atom. The predicted octanol–water partition coefficient (Wildman–Crippen LogP) is 3.32. The fraction of sp³-hybridized carbons (Fsp3) is 0.588. The Kier molecular flexibility index (Phi) is 3.69. The van der Waals surface area contributed by atoms with Gasteiger partial charge in [-0.15, -0.1) is 0 Å². The van der Waals surface area contributed by atoms with Gasteiger partial charge in [0.15, 0.2) is 0 Å². The molecule has 0 amide bonds. The molecule has 1 atom stereocenters. The zero-order chi connectivity index (χ0) is 13.2. The molecule has 102 valence electrons. The van der Waals surface area contributed by atoms with Crippen molar-refractivity contribution in [2.24, 2.45) is 11.7 Å². The highest BCUT2D eigenvalue weighted by Gasteiger charge is 2.25. The van der Waals surface area contributed by atoms with Crippen LogP contribution in [0.4, 0.5) is 0 Å². The van der Waals surface area contributed by atoms with Crippen LogP contribution in [0.15, 0.2) is 18.2 Å². The van der Waals surface area contributed by atoms with Crippen molar-refractivity contribution in [3.8, 4) is 0 Å². The average molecular weight is 257 g/mol. The van der Waals surface area contributed by atoms with Crippen molar-refractivity contribution in [1.82, 2.24) is 0 Å². The smallest absolute Gasteiger partial charge is 0.132 e. The van der Waals surface area contributed by atoms with E-state index in [9.17, 15) is 4.79 Å². The normalized spacial score (nSPS) is 22.1. The zero-order valence-corrected chi connectivity index (χ0v) is 11.5. The predicted molar refractivity (Wildman–Crippen MR) is 77.0 cm³/mol. The van der Waals surface area contributed by atoms with Gasteiger partial charge >= 0.3 is 0 Å². The molecule has 3 rings (SSSR count). The van der Waals surface area contributed by atoms with E-state index >= 15 is 0 Å². The van der Waals surface area contributed by atoms with Crippen molar-refractivity contribution in [2.75, 3.05) is 0 Å². The first-order chi connectivity index (χ1) is 9.24. The van der Waals surface area contributed by atoms with Crippen molar-refractivity contribution < 1.29 is 4.79 Å². The van der Waals surface area contributed by atoms with Crippen LogP contribution in [0.3, 0.4) is 0 Å². The maximum absolute atomic E-state index is 11.3. The first kappa shape index (κ1) is 12.9. The lowest BCUT2D eigenvalue weighted by Crippen LogP contribution is -2.26. The van der Waals surface area contributed by atoms with Crippen molar-refractivity contribution in [3.05, 3.63) is 34.9 Å². The molecule has 0 saturated heterocycles. The molecule has 19 heavy (non-hydrogen) atoms. The quantitative estimate of drug-likeness (QED) is 0.883. The van der Waals surface area contributed by atoms with Gasteiger partial charge in [-0.25, -0.2) is 0 Å². The van der Waals surface area contributed by atoms with Crippen molar-refractivity contribution in [3.63, 3.8) is 0 Å². The lowest BCUT2D eigenvalue weighted by atomic mass is 9.80. The van der Waals surface area contributed by atoms with E-state index in [1.807, 2.05) is 0 Å². The fourth-order valence-corrected chi connectivity index (χ4v) is 3.55. The average Bonchev–Trinajstić information content (AvgIpc) is 2.47. The third-order valence-electron chi connectivity index (χ3n) is 4.85. The van der Waals surface area contributed by atoms with Crippen molar-refractivity contribution in [2.45, 2.75) is 57.4 Å². The number of benzene rings is 1. The highest BCUT2D eigenvalue weighted by Crippen LogP contribution is 2.33. The summed E-state index contributed by atoms with van der Waals surface area (Å²) in [5.74, 6) is 0.897. The van der Waals surface area contributed by atoms with Gasteiger partial charge < -0.3 is 5.73 Å². The third kappa shape index (κ3) is 2.74. The number of hydrogen-bond donors (Lipinski definition) is 1. The molecule has 1 fully saturated rings. The molecule has 2 heteroatoms. The maximum atomic E-state index is 11.3. The zero-order valence-electron chi connectivity index (χ0n) is 11.5. The topological polar surface area (TPSA) is 43.1 Å². The van der Waals surface area contributed by atoms with E-state index in [-0.39, 0.29) is 6.04 Å². The summed E-state index contributed by atoms with van der Waals surface area (Å²) in [6, 6.07) is 6.93. The summed E-state index contributed by atoms with van der Waals surface area (Å²) >= 11 is 0. The number of fused-ring (bicyclic) bond motifs is 1. The second-order valence-corrected chi connectivity index (χ2v) is 6.14. The number of Topliss-reactive ketones (excluding diaryl/α,β-unsaturated/α-hetero) is 1. The van der Waals surface area contributed by atoms with Gasteiger partial charge in [-0.3, -0.25) is 4.79 Å². The van der Waals surface area contributed by atoms with E-state index in [2.05, 4.69) is 18.2 Å². The summed E-state index contributed by atoms with van der Waals surface area (Å²) in [6.07, 6.45) is 8.45. The fourth-order valence-electron chi connectivity index (χ4n) is 3.55. The van der Waals surface area contributed by atoms with Gasteiger partial charge in [0.05, 0.1) is 0 Å². The summed E-state index contributed by atoms with van der Waals surface area (Å²) in [4.78, 5) is 11.3. The van der Waals surface area contributed by atoms with Gasteiger partial charge in [-0.1, -0.05) is 18.2 Å². The first-order valence-corrected chi connectivity index (χ1v) is 7.63. The van der Waals surface area contributed by atoms with Crippen molar-refractivity contribution >= 4 is 5.78 Å². The number of carbonyl (C=O) groups excluding carboxylic acids is 1. The van der Waals surface area contributed by atoms with Crippen LogP contribution < -0.4 is 5.73 Å². The molecule has 2 aliphatic carbocycles. The SMILES string of the molecule is NC(c1ccc2c(c1)CCCC2)C1CCC(=O)CC1. The summed E-state index contributed by atoms with van der Waals surface area (Å²) < 4.78 is 0. The number of aryl methyl sites for hydroxylation is 2. The molecule has 0 aromatic heterocycles. The van der Waals surface area contributed by atoms with Gasteiger partial charge in [0.1, 0.15) is 5.78 Å². The van der Waals surface area contributed by atoms with Crippen LogP contribution in [0.25, 0.3) is 0 Å². The van der Waals surface area contributed by atoms with E-state index in [0.29, 0.717) is 11.7 Å². The molecule has 1 saturated carbocycles. The van der Waals surface area contributed by atoms with Crippen LogP contribution in [0.5, 0.6) is 0 Å². The highest BCUT2D eigenvalue weighted by atomic mass is 16.1. The minimum Gasteiger partial charge on any atom is -0.324 e. The Labute approximate surface area is 115 Å². The Hall–Kier alpha value is -1.15. The van der Waals surface area contributed by atoms with Gasteiger partial charge in [-0.2, -0.15) is 0 Å². The summed E-state index contributed by atoms with van der Waals surface area (Å²) in [5, 5.41) is 0. The second-order valence-electron chi connectivity index (χ2n) is 6.14. The Morgan fingerprint density at radius 1 is 1.00 bits per heavy atom. The second kappa shape index (κ2) is 5.46. The van der Waals surface area contributed by atoms with Crippen LogP contribution in [-0.2, 0) is 17.6 Å². The standard InChI is InChI=1S/C17H23NO/c18-17(13-7-9-16(19)10-8-13)15-6-5-12-3-1-2-4-14(12)11-15/h5-6,11,13,17H,1-4,7-10,18H2. The molecule has 0 radical (unpaired) electrons. The molecule has 2 aliphatic rings. The summed E-state index contributed by atoms with van der Waals surface area (Å²) in [5.41, 5.74) is 10.7. The number of hydrogen-bond acceptors (Lipinski definition) is 2. The molecule has 0 spiro atoms. The third-order valence-corrected chi connectivity index (χ3v) is 4.85. The Morgan fingerprint density at radius 3 is 2.42 bits per heavy atom. The molecular formula is C17H23NO. The number of rotatable bonds is 2. The number of nitrogens with two attached hydrogens (primary N) is 1. The maximum Gasteiger partial charge on any atom is 0.132 e. The van der Waals surface area contributed by atoms with Crippen LogP contribution >= 0.6 is 0 Å². The largest absolute Gasteiger partial charge is 0.324 e. The van der Waals surface area contributed by atoms with E-state index in [1.54, 1.807) is 0 Å². The number of ketones is 1. The van der Waals surface area contributed by atoms with E-state index in [1.165, 1.54) is 42.4 Å². The lowest BCUT2D eigenvalue weighted by molar-refractivity contribution is -0.121. The molecule has 2 nitrogen and oxygen atoms in total. The van der Waals surface area contributed by atoms with Gasteiger partial charge in [0, 0.05) is 18.9 Å². The molecule has 1 aromatic rings. The van der Waals surface area contributed by atoms with E-state index in [0.717, 1.165) is 25.7 Å².